The van der Waals surface area contributed by atoms with Crippen molar-refractivity contribution >= 4 is 28.6 Å². The number of nitrogens with zero attached hydrogens (tertiary/aromatic N) is 5. The Morgan fingerprint density at radius 2 is 1.91 bits per heavy atom. The van der Waals surface area contributed by atoms with Crippen LogP contribution in [0.4, 0.5) is 11.5 Å². The molecular weight excluding hydrogens is 418 g/mol. The average molecular weight is 446 g/mol. The van der Waals surface area contributed by atoms with E-state index in [-0.39, 0.29) is 18.1 Å². The number of hydrogen-bond donors (Lipinski definition) is 2. The van der Waals surface area contributed by atoms with Crippen molar-refractivity contribution in [3.63, 3.8) is 0 Å². The van der Waals surface area contributed by atoms with Crippen LogP contribution in [-0.2, 0) is 7.05 Å². The molecule has 0 aliphatic carbocycles. The molecule has 170 valence electrons. The molecule has 9 nitrogen and oxygen atoms in total. The number of amides is 1. The molecule has 9 heteroatoms. The molecule has 2 N–H and O–H groups in total. The maximum absolute atomic E-state index is 12.8. The van der Waals surface area contributed by atoms with Crippen LogP contribution in [0.3, 0.4) is 0 Å². The molecule has 0 aliphatic rings. The fourth-order valence-electron chi connectivity index (χ4n) is 3.41. The second kappa shape index (κ2) is 9.23. The van der Waals surface area contributed by atoms with E-state index in [1.165, 1.54) is 6.20 Å². The topological polar surface area (TPSA) is 107 Å². The summed E-state index contributed by atoms with van der Waals surface area (Å²) in [5.74, 6) is 0.959. The predicted octanol–water partition coefficient (Wildman–Crippen LogP) is 4.28. The number of hydrogen-bond acceptors (Lipinski definition) is 7. The average Bonchev–Trinajstić information content (AvgIpc) is 3.15. The first-order valence-electron chi connectivity index (χ1n) is 10.8. The summed E-state index contributed by atoms with van der Waals surface area (Å²) >= 11 is 0. The summed E-state index contributed by atoms with van der Waals surface area (Å²) in [6.45, 7) is 7.78. The minimum atomic E-state index is -0.230. The van der Waals surface area contributed by atoms with Crippen LogP contribution in [0.1, 0.15) is 48.3 Å². The number of carbonyl (C=O) groups is 1. The van der Waals surface area contributed by atoms with E-state index in [2.05, 4.69) is 30.7 Å². The zero-order valence-electron chi connectivity index (χ0n) is 19.3. The minimum absolute atomic E-state index is 0.0197. The third-order valence-electron chi connectivity index (χ3n) is 5.09. The van der Waals surface area contributed by atoms with E-state index in [4.69, 9.17) is 4.74 Å². The van der Waals surface area contributed by atoms with Gasteiger partial charge in [0.1, 0.15) is 11.3 Å². The molecule has 1 aromatic carbocycles. The van der Waals surface area contributed by atoms with Crippen molar-refractivity contribution in [1.82, 2.24) is 24.7 Å². The van der Waals surface area contributed by atoms with Crippen LogP contribution in [0.15, 0.2) is 48.9 Å². The van der Waals surface area contributed by atoms with E-state index in [1.807, 2.05) is 59.0 Å². The Morgan fingerprint density at radius 1 is 1.09 bits per heavy atom. The van der Waals surface area contributed by atoms with Crippen molar-refractivity contribution in [3.05, 3.63) is 65.6 Å². The Kier molecular flexibility index (Phi) is 6.21. The molecule has 0 saturated carbocycles. The van der Waals surface area contributed by atoms with Crippen molar-refractivity contribution < 1.29 is 9.53 Å². The number of anilines is 2. The van der Waals surface area contributed by atoms with E-state index in [1.54, 1.807) is 23.1 Å². The summed E-state index contributed by atoms with van der Waals surface area (Å²) in [5.41, 5.74) is 4.43. The first-order valence-corrected chi connectivity index (χ1v) is 10.8. The highest BCUT2D eigenvalue weighted by Crippen LogP contribution is 2.23. The minimum Gasteiger partial charge on any atom is -0.475 e. The normalized spacial score (nSPS) is 12.1. The molecule has 0 aliphatic heterocycles. The number of benzene rings is 1. The Hall–Kier alpha value is -4.01. The Balaban J connectivity index is 1.46. The third-order valence-corrected chi connectivity index (χ3v) is 5.09. The van der Waals surface area contributed by atoms with Gasteiger partial charge in [-0.25, -0.2) is 19.6 Å². The Bertz CT molecular complexity index is 1300. The van der Waals surface area contributed by atoms with Gasteiger partial charge in [-0.2, -0.15) is 5.10 Å². The molecule has 0 bridgehead atoms. The fourth-order valence-corrected chi connectivity index (χ4v) is 3.41. The summed E-state index contributed by atoms with van der Waals surface area (Å²) in [7, 11) is 1.83. The smallest absolute Gasteiger partial charge is 0.257 e. The van der Waals surface area contributed by atoms with Crippen LogP contribution >= 0.6 is 0 Å². The molecule has 0 spiro atoms. The van der Waals surface area contributed by atoms with Gasteiger partial charge in [-0.1, -0.05) is 12.1 Å². The van der Waals surface area contributed by atoms with Crippen LogP contribution in [0.25, 0.3) is 11.2 Å². The van der Waals surface area contributed by atoms with Gasteiger partial charge in [0.2, 0.25) is 5.88 Å². The van der Waals surface area contributed by atoms with Gasteiger partial charge < -0.3 is 15.4 Å². The van der Waals surface area contributed by atoms with Crippen LogP contribution in [-0.4, -0.2) is 36.7 Å². The third kappa shape index (κ3) is 5.08. The summed E-state index contributed by atoms with van der Waals surface area (Å²) < 4.78 is 7.34. The molecule has 0 radical (unpaired) electrons. The van der Waals surface area contributed by atoms with Crippen molar-refractivity contribution in [2.24, 2.45) is 7.05 Å². The van der Waals surface area contributed by atoms with Crippen LogP contribution in [0.2, 0.25) is 0 Å². The van der Waals surface area contributed by atoms with E-state index < -0.39 is 0 Å². The maximum atomic E-state index is 12.8. The van der Waals surface area contributed by atoms with E-state index in [0.29, 0.717) is 28.6 Å². The lowest BCUT2D eigenvalue weighted by Gasteiger charge is -2.16. The number of rotatable bonds is 7. The molecule has 3 heterocycles. The lowest BCUT2D eigenvalue weighted by atomic mass is 10.1. The molecule has 33 heavy (non-hydrogen) atoms. The molecule has 0 fully saturated rings. The molecule has 1 atom stereocenters. The van der Waals surface area contributed by atoms with Crippen molar-refractivity contribution in [3.8, 4) is 5.88 Å². The Labute approximate surface area is 192 Å². The lowest BCUT2D eigenvalue weighted by Crippen LogP contribution is -2.15. The monoisotopic (exact) mass is 445 g/mol. The van der Waals surface area contributed by atoms with E-state index in [0.717, 1.165) is 16.6 Å². The standard InChI is InChI=1S/C24H27N7O2/c1-14(2)33-24-15(3)9-18(11-26-24)23(32)29-19-8-6-7-17(10-19)16(4)28-21-13-25-20-12-27-31(5)22(20)30-21/h6-14,16H,1-5H3,(H,28,30)(H,29,32)/t16-/m0/s1. The fraction of sp³-hybridized carbons (Fsp3) is 0.292. The van der Waals surface area contributed by atoms with Gasteiger partial charge in [0.05, 0.1) is 30.1 Å². The highest BCUT2D eigenvalue weighted by atomic mass is 16.5. The van der Waals surface area contributed by atoms with Crippen LogP contribution in [0, 0.1) is 6.92 Å². The number of fused-ring (bicyclic) bond motifs is 1. The maximum Gasteiger partial charge on any atom is 0.257 e. The Morgan fingerprint density at radius 3 is 2.67 bits per heavy atom. The van der Waals surface area contributed by atoms with Gasteiger partial charge in [0.15, 0.2) is 5.65 Å². The molecule has 1 amide bonds. The molecule has 3 aromatic heterocycles. The number of aryl methyl sites for hydroxylation is 2. The molecular formula is C24H27N7O2. The molecule has 4 rings (SSSR count). The van der Waals surface area contributed by atoms with Gasteiger partial charge in [-0.3, -0.25) is 4.79 Å². The van der Waals surface area contributed by atoms with Gasteiger partial charge in [-0.05, 0) is 51.5 Å². The quantitative estimate of drug-likeness (QED) is 0.437. The number of pyridine rings is 1. The van der Waals surface area contributed by atoms with E-state index >= 15 is 0 Å². The highest BCUT2D eigenvalue weighted by molar-refractivity contribution is 6.04. The van der Waals surface area contributed by atoms with Gasteiger partial charge in [-0.15, -0.1) is 0 Å². The second-order valence-corrected chi connectivity index (χ2v) is 8.19. The summed E-state index contributed by atoms with van der Waals surface area (Å²) in [4.78, 5) is 26.0. The van der Waals surface area contributed by atoms with Crippen molar-refractivity contribution in [2.75, 3.05) is 10.6 Å². The van der Waals surface area contributed by atoms with Crippen LogP contribution in [0.5, 0.6) is 5.88 Å². The number of ether oxygens (including phenoxy) is 1. The van der Waals surface area contributed by atoms with Crippen LogP contribution < -0.4 is 15.4 Å². The van der Waals surface area contributed by atoms with Crippen molar-refractivity contribution in [1.29, 1.82) is 0 Å². The molecule has 4 aromatic rings. The summed E-state index contributed by atoms with van der Waals surface area (Å²) in [6, 6.07) is 9.41. The summed E-state index contributed by atoms with van der Waals surface area (Å²) in [5, 5.41) is 10.5. The largest absolute Gasteiger partial charge is 0.475 e. The first-order chi connectivity index (χ1) is 15.8. The van der Waals surface area contributed by atoms with E-state index in [9.17, 15) is 4.79 Å². The zero-order valence-corrected chi connectivity index (χ0v) is 19.3. The zero-order chi connectivity index (χ0) is 23.5. The molecule has 0 unspecified atom stereocenters. The lowest BCUT2D eigenvalue weighted by molar-refractivity contribution is 0.102. The SMILES string of the molecule is Cc1cc(C(=O)Nc2cccc([C@H](C)Nc3cnc4cnn(C)c4n3)c2)cnc1OC(C)C. The number of aromatic nitrogens is 5. The number of carbonyl (C=O) groups excluding carboxylic acids is 1. The van der Waals surface area contributed by atoms with Gasteiger partial charge in [0, 0.05) is 24.5 Å². The summed E-state index contributed by atoms with van der Waals surface area (Å²) in [6.07, 6.45) is 4.92. The first kappa shape index (κ1) is 22.2. The predicted molar refractivity (Wildman–Crippen MR) is 127 cm³/mol. The highest BCUT2D eigenvalue weighted by Gasteiger charge is 2.13. The van der Waals surface area contributed by atoms with Crippen molar-refractivity contribution in [2.45, 2.75) is 39.8 Å². The molecule has 0 saturated heterocycles. The van der Waals surface area contributed by atoms with Gasteiger partial charge >= 0.3 is 0 Å². The number of nitrogens with one attached hydrogen (secondary N) is 2. The second-order valence-electron chi connectivity index (χ2n) is 8.19. The van der Waals surface area contributed by atoms with Gasteiger partial charge in [0.25, 0.3) is 5.91 Å².